The van der Waals surface area contributed by atoms with Crippen molar-refractivity contribution >= 4 is 0 Å². The van der Waals surface area contributed by atoms with Gasteiger partial charge in [-0.3, -0.25) is 0 Å². The zero-order valence-electron chi connectivity index (χ0n) is 9.10. The van der Waals surface area contributed by atoms with Crippen molar-refractivity contribution < 1.29 is 9.84 Å². The highest BCUT2D eigenvalue weighted by molar-refractivity contribution is 5.18. The molecule has 82 valence electrons. The van der Waals surface area contributed by atoms with Crippen molar-refractivity contribution in [3.05, 3.63) is 35.9 Å². The van der Waals surface area contributed by atoms with Gasteiger partial charge in [0.05, 0.1) is 12.7 Å². The Hall–Kier alpha value is -0.860. The summed E-state index contributed by atoms with van der Waals surface area (Å²) in [7, 11) is 0. The Kier molecular flexibility index (Phi) is 3.39. The lowest BCUT2D eigenvalue weighted by molar-refractivity contribution is -0.0556. The minimum atomic E-state index is 0.166. The Balaban J connectivity index is 2.06. The standard InChI is InChI=1S/C13H18O2/c1-10-9-15-13(7-12(10)8-14)11-5-3-2-4-6-11/h2-6,10,12-14H,7-9H2,1H3/t10-,12-,13+/m0/s1. The van der Waals surface area contributed by atoms with E-state index >= 15 is 0 Å². The maximum Gasteiger partial charge on any atom is 0.0828 e. The molecule has 2 rings (SSSR count). The Labute approximate surface area is 90.9 Å². The van der Waals surface area contributed by atoms with Crippen LogP contribution < -0.4 is 0 Å². The normalized spacial score (nSPS) is 31.5. The molecule has 2 heteroatoms. The van der Waals surface area contributed by atoms with Gasteiger partial charge in [-0.05, 0) is 23.8 Å². The van der Waals surface area contributed by atoms with Crippen LogP contribution in [-0.4, -0.2) is 18.3 Å². The van der Waals surface area contributed by atoms with Crippen LogP contribution in [0.2, 0.25) is 0 Å². The lowest BCUT2D eigenvalue weighted by Gasteiger charge is -2.33. The summed E-state index contributed by atoms with van der Waals surface area (Å²) in [5, 5.41) is 9.27. The van der Waals surface area contributed by atoms with Crippen molar-refractivity contribution in [3.8, 4) is 0 Å². The molecule has 0 aromatic heterocycles. The molecule has 1 aromatic rings. The van der Waals surface area contributed by atoms with Crippen molar-refractivity contribution in [2.75, 3.05) is 13.2 Å². The van der Waals surface area contributed by atoms with Gasteiger partial charge in [-0.15, -0.1) is 0 Å². The summed E-state index contributed by atoms with van der Waals surface area (Å²) < 4.78 is 5.80. The van der Waals surface area contributed by atoms with Crippen molar-refractivity contribution in [2.45, 2.75) is 19.4 Å². The van der Waals surface area contributed by atoms with E-state index in [1.54, 1.807) is 0 Å². The number of hydrogen-bond acceptors (Lipinski definition) is 2. The molecule has 0 aliphatic carbocycles. The minimum absolute atomic E-state index is 0.166. The van der Waals surface area contributed by atoms with E-state index < -0.39 is 0 Å². The fraction of sp³-hybridized carbons (Fsp3) is 0.538. The number of rotatable bonds is 2. The van der Waals surface area contributed by atoms with Crippen LogP contribution in [-0.2, 0) is 4.74 Å². The zero-order chi connectivity index (χ0) is 10.7. The average molecular weight is 206 g/mol. The Morgan fingerprint density at radius 1 is 1.33 bits per heavy atom. The van der Waals surface area contributed by atoms with Gasteiger partial charge in [0.2, 0.25) is 0 Å². The minimum Gasteiger partial charge on any atom is -0.396 e. The molecule has 1 aromatic carbocycles. The smallest absolute Gasteiger partial charge is 0.0828 e. The number of aliphatic hydroxyl groups is 1. The van der Waals surface area contributed by atoms with E-state index in [4.69, 9.17) is 4.74 Å². The van der Waals surface area contributed by atoms with Gasteiger partial charge in [-0.2, -0.15) is 0 Å². The van der Waals surface area contributed by atoms with Crippen LogP contribution in [0.15, 0.2) is 30.3 Å². The molecule has 3 atom stereocenters. The SMILES string of the molecule is C[C@H]1CO[C@@H](c2ccccc2)C[C@H]1CO. The summed E-state index contributed by atoms with van der Waals surface area (Å²) in [5.41, 5.74) is 1.22. The van der Waals surface area contributed by atoms with E-state index in [0.29, 0.717) is 11.8 Å². The van der Waals surface area contributed by atoms with E-state index in [-0.39, 0.29) is 12.7 Å². The first-order chi connectivity index (χ1) is 7.31. The second kappa shape index (κ2) is 4.77. The van der Waals surface area contributed by atoms with Crippen molar-refractivity contribution in [3.63, 3.8) is 0 Å². The second-order valence-corrected chi connectivity index (χ2v) is 4.39. The lowest BCUT2D eigenvalue weighted by atomic mass is 9.85. The van der Waals surface area contributed by atoms with Crippen LogP contribution >= 0.6 is 0 Å². The van der Waals surface area contributed by atoms with E-state index in [2.05, 4.69) is 19.1 Å². The van der Waals surface area contributed by atoms with E-state index in [9.17, 15) is 5.11 Å². The fourth-order valence-corrected chi connectivity index (χ4v) is 2.13. The largest absolute Gasteiger partial charge is 0.396 e. The van der Waals surface area contributed by atoms with Crippen LogP contribution in [0, 0.1) is 11.8 Å². The molecule has 0 radical (unpaired) electrons. The average Bonchev–Trinajstić information content (AvgIpc) is 2.31. The van der Waals surface area contributed by atoms with Gasteiger partial charge >= 0.3 is 0 Å². The molecule has 1 saturated heterocycles. The van der Waals surface area contributed by atoms with Crippen LogP contribution in [0.25, 0.3) is 0 Å². The molecule has 15 heavy (non-hydrogen) atoms. The van der Waals surface area contributed by atoms with E-state index in [1.165, 1.54) is 5.56 Å². The molecule has 1 N–H and O–H groups in total. The van der Waals surface area contributed by atoms with Gasteiger partial charge in [-0.25, -0.2) is 0 Å². The van der Waals surface area contributed by atoms with Gasteiger partial charge in [0.25, 0.3) is 0 Å². The van der Waals surface area contributed by atoms with E-state index in [1.807, 2.05) is 18.2 Å². The molecular weight excluding hydrogens is 188 g/mol. The summed E-state index contributed by atoms with van der Waals surface area (Å²) in [6.45, 7) is 3.17. The maximum absolute atomic E-state index is 9.27. The second-order valence-electron chi connectivity index (χ2n) is 4.39. The molecule has 2 nitrogen and oxygen atoms in total. The van der Waals surface area contributed by atoms with Crippen LogP contribution in [0.1, 0.15) is 25.0 Å². The molecule has 1 fully saturated rings. The summed E-state index contributed by atoms with van der Waals surface area (Å²) in [6.07, 6.45) is 1.10. The first kappa shape index (κ1) is 10.7. The molecule has 0 bridgehead atoms. The van der Waals surface area contributed by atoms with Gasteiger partial charge < -0.3 is 9.84 Å². The molecule has 0 amide bonds. The highest BCUT2D eigenvalue weighted by Crippen LogP contribution is 2.34. The first-order valence-corrected chi connectivity index (χ1v) is 5.58. The molecule has 1 aliphatic rings. The Morgan fingerprint density at radius 2 is 2.07 bits per heavy atom. The van der Waals surface area contributed by atoms with Crippen molar-refractivity contribution in [2.24, 2.45) is 11.8 Å². The predicted molar refractivity (Wildman–Crippen MR) is 59.5 cm³/mol. The summed E-state index contributed by atoms with van der Waals surface area (Å²) >= 11 is 0. The summed E-state index contributed by atoms with van der Waals surface area (Å²) in [6, 6.07) is 10.3. The number of aliphatic hydroxyl groups excluding tert-OH is 1. The highest BCUT2D eigenvalue weighted by Gasteiger charge is 2.28. The molecular formula is C13H18O2. The maximum atomic E-state index is 9.27. The number of benzene rings is 1. The topological polar surface area (TPSA) is 29.5 Å². The van der Waals surface area contributed by atoms with Gasteiger partial charge in [0, 0.05) is 6.61 Å². The van der Waals surface area contributed by atoms with Gasteiger partial charge in [-0.1, -0.05) is 37.3 Å². The Morgan fingerprint density at radius 3 is 2.73 bits per heavy atom. The Bertz CT molecular complexity index is 297. The first-order valence-electron chi connectivity index (χ1n) is 5.58. The molecule has 0 saturated carbocycles. The van der Waals surface area contributed by atoms with Crippen LogP contribution in [0.3, 0.4) is 0 Å². The van der Waals surface area contributed by atoms with Crippen molar-refractivity contribution in [1.29, 1.82) is 0 Å². The van der Waals surface area contributed by atoms with Crippen LogP contribution in [0.4, 0.5) is 0 Å². The number of ether oxygens (including phenoxy) is 1. The molecule has 0 unspecified atom stereocenters. The summed E-state index contributed by atoms with van der Waals surface area (Å²) in [4.78, 5) is 0. The molecule has 1 aliphatic heterocycles. The van der Waals surface area contributed by atoms with Crippen molar-refractivity contribution in [1.82, 2.24) is 0 Å². The number of hydrogen-bond donors (Lipinski definition) is 1. The third kappa shape index (κ3) is 2.39. The fourth-order valence-electron chi connectivity index (χ4n) is 2.13. The van der Waals surface area contributed by atoms with E-state index in [0.717, 1.165) is 13.0 Å². The van der Waals surface area contributed by atoms with Gasteiger partial charge in [0.1, 0.15) is 0 Å². The lowest BCUT2D eigenvalue weighted by Crippen LogP contribution is -2.29. The third-order valence-electron chi connectivity index (χ3n) is 3.29. The summed E-state index contributed by atoms with van der Waals surface area (Å²) in [5.74, 6) is 0.846. The zero-order valence-corrected chi connectivity index (χ0v) is 9.10. The molecule has 1 heterocycles. The molecule has 0 spiro atoms. The predicted octanol–water partition coefficient (Wildman–Crippen LogP) is 2.39. The van der Waals surface area contributed by atoms with Gasteiger partial charge in [0.15, 0.2) is 0 Å². The highest BCUT2D eigenvalue weighted by atomic mass is 16.5. The van der Waals surface area contributed by atoms with Crippen LogP contribution in [0.5, 0.6) is 0 Å². The monoisotopic (exact) mass is 206 g/mol. The quantitative estimate of drug-likeness (QED) is 0.805. The third-order valence-corrected chi connectivity index (χ3v) is 3.29.